The average molecular weight is 557 g/mol. The quantitative estimate of drug-likeness (QED) is 0.207. The maximum absolute atomic E-state index is 13.0. The van der Waals surface area contributed by atoms with Gasteiger partial charge in [-0.15, -0.1) is 0 Å². The highest BCUT2D eigenvalue weighted by Gasteiger charge is 2.22. The molecule has 2 N–H and O–H groups in total. The molecule has 0 spiro atoms. The van der Waals surface area contributed by atoms with Gasteiger partial charge < -0.3 is 15.4 Å². The van der Waals surface area contributed by atoms with Gasteiger partial charge in [-0.1, -0.05) is 18.2 Å². The molecule has 1 amide bonds. The lowest BCUT2D eigenvalue weighted by Crippen LogP contribution is -2.18. The van der Waals surface area contributed by atoms with Crippen molar-refractivity contribution in [3.05, 3.63) is 108 Å². The number of hydrogen-bond acceptors (Lipinski definition) is 7. The van der Waals surface area contributed by atoms with Crippen LogP contribution in [0, 0.1) is 18.3 Å². The highest BCUT2D eigenvalue weighted by molar-refractivity contribution is 6.04. The SMILES string of the molecule is COc1ccc(CCNc2cc3ncc(-c4cc(NC(=O)c5ccnc(C(C)(C)C#N)c5)ccc4C)cc3cn2)cc1. The molecule has 0 saturated heterocycles. The third-order valence-electron chi connectivity index (χ3n) is 7.19. The smallest absolute Gasteiger partial charge is 0.255 e. The number of aryl methyl sites for hydroxylation is 1. The van der Waals surface area contributed by atoms with Crippen LogP contribution in [0.4, 0.5) is 11.5 Å². The van der Waals surface area contributed by atoms with Gasteiger partial charge in [0.2, 0.25) is 0 Å². The summed E-state index contributed by atoms with van der Waals surface area (Å²) >= 11 is 0. The van der Waals surface area contributed by atoms with Gasteiger partial charge in [0.25, 0.3) is 5.91 Å². The molecule has 5 rings (SSSR count). The molecule has 0 aliphatic heterocycles. The summed E-state index contributed by atoms with van der Waals surface area (Å²) < 4.78 is 5.22. The molecule has 0 unspecified atom stereocenters. The summed E-state index contributed by atoms with van der Waals surface area (Å²) in [6.45, 7) is 6.32. The lowest BCUT2D eigenvalue weighted by Gasteiger charge is -2.15. The van der Waals surface area contributed by atoms with Gasteiger partial charge in [-0.2, -0.15) is 5.26 Å². The van der Waals surface area contributed by atoms with E-state index in [1.54, 1.807) is 39.3 Å². The molecule has 0 bridgehead atoms. The molecular formula is C34H32N6O2. The third kappa shape index (κ3) is 6.37. The van der Waals surface area contributed by atoms with E-state index in [1.165, 1.54) is 5.56 Å². The molecule has 3 heterocycles. The highest BCUT2D eigenvalue weighted by atomic mass is 16.5. The Morgan fingerprint density at radius 1 is 0.976 bits per heavy atom. The normalized spacial score (nSPS) is 11.1. The van der Waals surface area contributed by atoms with Crippen LogP contribution in [0.2, 0.25) is 0 Å². The van der Waals surface area contributed by atoms with Crippen molar-refractivity contribution in [2.24, 2.45) is 0 Å². The van der Waals surface area contributed by atoms with Crippen molar-refractivity contribution in [2.45, 2.75) is 32.6 Å². The number of amides is 1. The zero-order valence-electron chi connectivity index (χ0n) is 24.1. The number of anilines is 2. The summed E-state index contributed by atoms with van der Waals surface area (Å²) in [7, 11) is 1.66. The predicted octanol–water partition coefficient (Wildman–Crippen LogP) is 6.72. The van der Waals surface area contributed by atoms with Crippen LogP contribution in [0.1, 0.15) is 41.0 Å². The number of ether oxygens (including phenoxy) is 1. The minimum Gasteiger partial charge on any atom is -0.497 e. The molecule has 210 valence electrons. The van der Waals surface area contributed by atoms with Crippen LogP contribution in [0.15, 0.2) is 85.3 Å². The first-order chi connectivity index (χ1) is 20.3. The molecular weight excluding hydrogens is 524 g/mol. The van der Waals surface area contributed by atoms with Crippen molar-refractivity contribution in [2.75, 3.05) is 24.3 Å². The van der Waals surface area contributed by atoms with E-state index in [4.69, 9.17) is 9.72 Å². The standard InChI is InChI=1S/C34H32N6O2/c1-22-5-8-27(40-33(41)24-12-14-36-31(16-24)34(2,3)21-35)17-29(22)25-15-26-20-39-32(18-30(26)38-19-25)37-13-11-23-6-9-28(42-4)10-7-23/h5-10,12,14-20H,11,13H2,1-4H3,(H,37,39)(H,40,41). The zero-order valence-corrected chi connectivity index (χ0v) is 24.1. The molecule has 0 saturated carbocycles. The second-order valence-electron chi connectivity index (χ2n) is 10.7. The van der Waals surface area contributed by atoms with E-state index in [0.717, 1.165) is 52.1 Å². The monoisotopic (exact) mass is 556 g/mol. The second-order valence-corrected chi connectivity index (χ2v) is 10.7. The molecule has 2 aromatic carbocycles. The minimum atomic E-state index is -0.792. The van der Waals surface area contributed by atoms with E-state index >= 15 is 0 Å². The van der Waals surface area contributed by atoms with Crippen molar-refractivity contribution >= 4 is 28.3 Å². The number of methoxy groups -OCH3 is 1. The van der Waals surface area contributed by atoms with Gasteiger partial charge in [-0.05, 0) is 86.3 Å². The number of fused-ring (bicyclic) bond motifs is 1. The summed E-state index contributed by atoms with van der Waals surface area (Å²) in [6, 6.07) is 23.4. The molecule has 0 aliphatic rings. The van der Waals surface area contributed by atoms with E-state index in [-0.39, 0.29) is 5.91 Å². The molecule has 5 aromatic rings. The van der Waals surface area contributed by atoms with Gasteiger partial charge in [-0.3, -0.25) is 14.8 Å². The Morgan fingerprint density at radius 2 is 1.79 bits per heavy atom. The number of nitriles is 1. The molecule has 0 fully saturated rings. The summed E-state index contributed by atoms with van der Waals surface area (Å²) in [5.41, 5.74) is 5.87. The summed E-state index contributed by atoms with van der Waals surface area (Å²) in [5.74, 6) is 1.35. The maximum atomic E-state index is 13.0. The van der Waals surface area contributed by atoms with E-state index in [2.05, 4.69) is 44.9 Å². The predicted molar refractivity (Wildman–Crippen MR) is 166 cm³/mol. The van der Waals surface area contributed by atoms with Gasteiger partial charge in [0, 0.05) is 53.4 Å². The number of hydrogen-bond donors (Lipinski definition) is 2. The van der Waals surface area contributed by atoms with Crippen LogP contribution in [-0.2, 0) is 11.8 Å². The average Bonchev–Trinajstić information content (AvgIpc) is 3.02. The maximum Gasteiger partial charge on any atom is 0.255 e. The molecule has 8 nitrogen and oxygen atoms in total. The molecule has 3 aromatic heterocycles. The number of aromatic nitrogens is 3. The fourth-order valence-electron chi connectivity index (χ4n) is 4.58. The van der Waals surface area contributed by atoms with E-state index < -0.39 is 5.41 Å². The van der Waals surface area contributed by atoms with Crippen LogP contribution >= 0.6 is 0 Å². The van der Waals surface area contributed by atoms with Crippen LogP contribution in [0.5, 0.6) is 5.75 Å². The fraction of sp³-hybridized carbons (Fsp3) is 0.206. The van der Waals surface area contributed by atoms with Crippen molar-refractivity contribution in [3.63, 3.8) is 0 Å². The largest absolute Gasteiger partial charge is 0.497 e. The topological polar surface area (TPSA) is 113 Å². The van der Waals surface area contributed by atoms with E-state index in [0.29, 0.717) is 16.9 Å². The number of pyridine rings is 3. The number of carbonyl (C=O) groups excluding carboxylic acids is 1. The molecule has 8 heteroatoms. The number of carbonyl (C=O) groups is 1. The Hall–Kier alpha value is -5.29. The molecule has 0 atom stereocenters. The number of nitrogens with one attached hydrogen (secondary N) is 2. The first kappa shape index (κ1) is 28.2. The van der Waals surface area contributed by atoms with Crippen LogP contribution in [0.25, 0.3) is 22.0 Å². The van der Waals surface area contributed by atoms with Crippen LogP contribution in [-0.4, -0.2) is 34.5 Å². The number of nitrogens with zero attached hydrogens (tertiary/aromatic N) is 4. The van der Waals surface area contributed by atoms with Gasteiger partial charge >= 0.3 is 0 Å². The van der Waals surface area contributed by atoms with Crippen molar-refractivity contribution in [1.29, 1.82) is 5.26 Å². The molecule has 0 radical (unpaired) electrons. The van der Waals surface area contributed by atoms with E-state index in [9.17, 15) is 10.1 Å². The minimum absolute atomic E-state index is 0.268. The summed E-state index contributed by atoms with van der Waals surface area (Å²) in [6.07, 6.45) is 6.09. The molecule has 0 aliphatic carbocycles. The Kier molecular flexibility index (Phi) is 8.12. The van der Waals surface area contributed by atoms with Gasteiger partial charge in [0.15, 0.2) is 0 Å². The van der Waals surface area contributed by atoms with Crippen LogP contribution < -0.4 is 15.4 Å². The first-order valence-corrected chi connectivity index (χ1v) is 13.7. The Morgan fingerprint density at radius 3 is 2.55 bits per heavy atom. The summed E-state index contributed by atoms with van der Waals surface area (Å²) in [5, 5.41) is 16.7. The summed E-state index contributed by atoms with van der Waals surface area (Å²) in [4.78, 5) is 26.6. The van der Waals surface area contributed by atoms with Crippen molar-refractivity contribution in [1.82, 2.24) is 15.0 Å². The fourth-order valence-corrected chi connectivity index (χ4v) is 4.58. The Bertz CT molecular complexity index is 1790. The Balaban J connectivity index is 1.29. The third-order valence-corrected chi connectivity index (χ3v) is 7.19. The van der Waals surface area contributed by atoms with Crippen molar-refractivity contribution in [3.8, 4) is 22.9 Å². The van der Waals surface area contributed by atoms with Gasteiger partial charge in [-0.25, -0.2) is 4.98 Å². The van der Waals surface area contributed by atoms with E-state index in [1.807, 2.05) is 55.7 Å². The van der Waals surface area contributed by atoms with Crippen molar-refractivity contribution < 1.29 is 9.53 Å². The number of benzene rings is 2. The zero-order chi connectivity index (χ0) is 29.7. The molecule has 42 heavy (non-hydrogen) atoms. The second kappa shape index (κ2) is 12.1. The highest BCUT2D eigenvalue weighted by Crippen LogP contribution is 2.29. The lowest BCUT2D eigenvalue weighted by atomic mass is 9.90. The Labute approximate surface area is 245 Å². The first-order valence-electron chi connectivity index (χ1n) is 13.7. The van der Waals surface area contributed by atoms with Gasteiger partial charge in [0.05, 0.1) is 29.8 Å². The van der Waals surface area contributed by atoms with Crippen LogP contribution in [0.3, 0.4) is 0 Å². The lowest BCUT2D eigenvalue weighted by molar-refractivity contribution is 0.102. The van der Waals surface area contributed by atoms with Gasteiger partial charge in [0.1, 0.15) is 11.6 Å². The number of rotatable bonds is 9.